The first kappa shape index (κ1) is 14.1. The van der Waals surface area contributed by atoms with Crippen LogP contribution < -0.4 is 5.32 Å². The Kier molecular flexibility index (Phi) is 5.26. The summed E-state index contributed by atoms with van der Waals surface area (Å²) < 4.78 is 0. The van der Waals surface area contributed by atoms with Gasteiger partial charge in [-0.15, -0.1) is 0 Å². The van der Waals surface area contributed by atoms with Gasteiger partial charge in [0, 0.05) is 19.7 Å². The number of nitro benzene ring substituents is 1. The highest BCUT2D eigenvalue weighted by Gasteiger charge is 2.21. The normalized spacial score (nSPS) is 10.1. The van der Waals surface area contributed by atoms with Crippen molar-refractivity contribution in [3.8, 4) is 0 Å². The van der Waals surface area contributed by atoms with E-state index in [-0.39, 0.29) is 17.2 Å². The van der Waals surface area contributed by atoms with Gasteiger partial charge in [0.15, 0.2) is 0 Å². The Balaban J connectivity index is 2.80. The van der Waals surface area contributed by atoms with Gasteiger partial charge in [-0.05, 0) is 26.1 Å². The number of carbonyl (C=O) groups is 1. The molecule has 1 rings (SSSR count). The average molecular weight is 251 g/mol. The predicted molar refractivity (Wildman–Crippen MR) is 68.6 cm³/mol. The fraction of sp³-hybridized carbons (Fsp3) is 0.417. The molecule has 1 aromatic carbocycles. The highest BCUT2D eigenvalue weighted by Crippen LogP contribution is 2.19. The number of nitro groups is 1. The van der Waals surface area contributed by atoms with E-state index in [0.717, 1.165) is 13.0 Å². The smallest absolute Gasteiger partial charge is 0.282 e. The van der Waals surface area contributed by atoms with Crippen LogP contribution in [0.25, 0.3) is 0 Å². The third-order valence-electron chi connectivity index (χ3n) is 2.60. The lowest BCUT2D eigenvalue weighted by atomic mass is 10.1. The van der Waals surface area contributed by atoms with Crippen LogP contribution in [-0.4, -0.2) is 42.9 Å². The number of amides is 1. The summed E-state index contributed by atoms with van der Waals surface area (Å²) in [6, 6.07) is 6.00. The topological polar surface area (TPSA) is 75.5 Å². The van der Waals surface area contributed by atoms with Crippen molar-refractivity contribution in [1.82, 2.24) is 10.2 Å². The molecule has 1 aromatic rings. The lowest BCUT2D eigenvalue weighted by Gasteiger charge is -2.16. The molecule has 0 unspecified atom stereocenters. The Morgan fingerprint density at radius 3 is 2.72 bits per heavy atom. The molecule has 6 heteroatoms. The fourth-order valence-electron chi connectivity index (χ4n) is 1.61. The number of benzene rings is 1. The van der Waals surface area contributed by atoms with Gasteiger partial charge in [0.25, 0.3) is 11.6 Å². The van der Waals surface area contributed by atoms with Crippen molar-refractivity contribution < 1.29 is 9.72 Å². The van der Waals surface area contributed by atoms with E-state index in [4.69, 9.17) is 0 Å². The minimum atomic E-state index is -0.533. The molecule has 0 bridgehead atoms. The molecule has 0 radical (unpaired) electrons. The summed E-state index contributed by atoms with van der Waals surface area (Å²) >= 11 is 0. The molecule has 18 heavy (non-hydrogen) atoms. The van der Waals surface area contributed by atoms with Crippen LogP contribution in [0, 0.1) is 10.1 Å². The van der Waals surface area contributed by atoms with Crippen molar-refractivity contribution in [2.24, 2.45) is 0 Å². The van der Waals surface area contributed by atoms with Crippen LogP contribution in [0.2, 0.25) is 0 Å². The molecular weight excluding hydrogens is 234 g/mol. The zero-order valence-electron chi connectivity index (χ0n) is 10.5. The molecule has 98 valence electrons. The zero-order chi connectivity index (χ0) is 13.5. The standard InChI is InChI=1S/C12H17N3O3/c1-13-8-5-9-14(2)12(16)10-6-3-4-7-11(10)15(17)18/h3-4,6-7,13H,5,8-9H2,1-2H3. The SMILES string of the molecule is CNCCCN(C)C(=O)c1ccccc1[N+](=O)[O-]. The van der Waals surface area contributed by atoms with E-state index >= 15 is 0 Å². The van der Waals surface area contributed by atoms with Crippen molar-refractivity contribution in [2.45, 2.75) is 6.42 Å². The largest absolute Gasteiger partial charge is 0.341 e. The van der Waals surface area contributed by atoms with Crippen molar-refractivity contribution in [3.63, 3.8) is 0 Å². The summed E-state index contributed by atoms with van der Waals surface area (Å²) in [7, 11) is 3.48. The van der Waals surface area contributed by atoms with E-state index in [1.54, 1.807) is 19.2 Å². The first-order chi connectivity index (χ1) is 8.57. The van der Waals surface area contributed by atoms with Gasteiger partial charge in [-0.25, -0.2) is 0 Å². The summed E-state index contributed by atoms with van der Waals surface area (Å²) in [5.74, 6) is -0.321. The Labute approximate surface area is 106 Å². The van der Waals surface area contributed by atoms with Gasteiger partial charge in [-0.2, -0.15) is 0 Å². The Morgan fingerprint density at radius 1 is 1.44 bits per heavy atom. The molecule has 0 saturated heterocycles. The quantitative estimate of drug-likeness (QED) is 0.469. The Morgan fingerprint density at radius 2 is 2.11 bits per heavy atom. The molecule has 0 aromatic heterocycles. The maximum absolute atomic E-state index is 12.1. The van der Waals surface area contributed by atoms with Crippen LogP contribution in [0.3, 0.4) is 0 Å². The second-order valence-electron chi connectivity index (χ2n) is 3.96. The molecule has 0 atom stereocenters. The number of carbonyl (C=O) groups excluding carboxylic acids is 1. The van der Waals surface area contributed by atoms with Crippen LogP contribution in [0.4, 0.5) is 5.69 Å². The summed E-state index contributed by atoms with van der Waals surface area (Å²) in [5, 5.41) is 13.8. The molecule has 0 saturated carbocycles. The lowest BCUT2D eigenvalue weighted by molar-refractivity contribution is -0.385. The van der Waals surface area contributed by atoms with Gasteiger partial charge < -0.3 is 10.2 Å². The Hall–Kier alpha value is -1.95. The second-order valence-corrected chi connectivity index (χ2v) is 3.96. The maximum Gasteiger partial charge on any atom is 0.282 e. The van der Waals surface area contributed by atoms with Crippen molar-refractivity contribution in [1.29, 1.82) is 0 Å². The summed E-state index contributed by atoms with van der Waals surface area (Å²) in [6.45, 7) is 1.36. The third-order valence-corrected chi connectivity index (χ3v) is 2.60. The number of rotatable bonds is 6. The predicted octanol–water partition coefficient (Wildman–Crippen LogP) is 1.28. The molecular formula is C12H17N3O3. The number of nitrogens with one attached hydrogen (secondary N) is 1. The minimum Gasteiger partial charge on any atom is -0.341 e. The van der Waals surface area contributed by atoms with Crippen molar-refractivity contribution >= 4 is 11.6 Å². The van der Waals surface area contributed by atoms with E-state index < -0.39 is 4.92 Å². The third kappa shape index (κ3) is 3.53. The van der Waals surface area contributed by atoms with Gasteiger partial charge >= 0.3 is 0 Å². The van der Waals surface area contributed by atoms with Crippen LogP contribution in [0.5, 0.6) is 0 Å². The van der Waals surface area contributed by atoms with Crippen molar-refractivity contribution in [3.05, 3.63) is 39.9 Å². The van der Waals surface area contributed by atoms with E-state index in [1.807, 2.05) is 7.05 Å². The summed E-state index contributed by atoms with van der Waals surface area (Å²) in [4.78, 5) is 23.9. The maximum atomic E-state index is 12.1. The molecule has 6 nitrogen and oxygen atoms in total. The van der Waals surface area contributed by atoms with Gasteiger partial charge in [-0.3, -0.25) is 14.9 Å². The zero-order valence-corrected chi connectivity index (χ0v) is 10.5. The number of hydrogen-bond acceptors (Lipinski definition) is 4. The number of nitrogens with zero attached hydrogens (tertiary/aromatic N) is 2. The van der Waals surface area contributed by atoms with E-state index in [9.17, 15) is 14.9 Å². The molecule has 0 fully saturated rings. The van der Waals surface area contributed by atoms with Crippen molar-refractivity contribution in [2.75, 3.05) is 27.2 Å². The highest BCUT2D eigenvalue weighted by molar-refractivity contribution is 5.97. The lowest BCUT2D eigenvalue weighted by Crippen LogP contribution is -2.29. The summed E-state index contributed by atoms with van der Waals surface area (Å²) in [5.41, 5.74) is -0.0163. The molecule has 1 amide bonds. The monoisotopic (exact) mass is 251 g/mol. The molecule has 0 aliphatic rings. The summed E-state index contributed by atoms with van der Waals surface area (Å²) in [6.07, 6.45) is 0.805. The number of para-hydroxylation sites is 1. The number of hydrogen-bond donors (Lipinski definition) is 1. The molecule has 0 aliphatic carbocycles. The highest BCUT2D eigenvalue weighted by atomic mass is 16.6. The van der Waals surface area contributed by atoms with Crippen LogP contribution in [0.15, 0.2) is 24.3 Å². The van der Waals surface area contributed by atoms with E-state index in [1.165, 1.54) is 17.0 Å². The Bertz CT molecular complexity index is 434. The van der Waals surface area contributed by atoms with E-state index in [0.29, 0.717) is 6.54 Å². The molecule has 1 N–H and O–H groups in total. The first-order valence-corrected chi connectivity index (χ1v) is 5.71. The van der Waals surface area contributed by atoms with Crippen LogP contribution in [-0.2, 0) is 0 Å². The van der Waals surface area contributed by atoms with Gasteiger partial charge in [0.1, 0.15) is 5.56 Å². The van der Waals surface area contributed by atoms with Gasteiger partial charge in [0.05, 0.1) is 4.92 Å². The average Bonchev–Trinajstić information content (AvgIpc) is 2.38. The molecule has 0 aliphatic heterocycles. The second kappa shape index (κ2) is 6.70. The fourth-order valence-corrected chi connectivity index (χ4v) is 1.61. The first-order valence-electron chi connectivity index (χ1n) is 5.71. The molecule has 0 heterocycles. The van der Waals surface area contributed by atoms with E-state index in [2.05, 4.69) is 5.32 Å². The van der Waals surface area contributed by atoms with Gasteiger partial charge in [0.2, 0.25) is 0 Å². The minimum absolute atomic E-state index is 0.134. The molecule has 0 spiro atoms. The van der Waals surface area contributed by atoms with Gasteiger partial charge in [-0.1, -0.05) is 12.1 Å². The van der Waals surface area contributed by atoms with Crippen LogP contribution in [0.1, 0.15) is 16.8 Å². The van der Waals surface area contributed by atoms with Crippen LogP contribution >= 0.6 is 0 Å².